The molecule has 1 fully saturated rings. The molecule has 1 amide bonds. The molecule has 0 radical (unpaired) electrons. The average molecular weight is 440 g/mol. The number of carbonyl (C=O) groups excluding carboxylic acids is 1. The Morgan fingerprint density at radius 2 is 1.76 bits per heavy atom. The zero-order chi connectivity index (χ0) is 22.5. The van der Waals surface area contributed by atoms with Gasteiger partial charge in [-0.1, -0.05) is 18.2 Å². The number of anilines is 1. The molecule has 0 spiro atoms. The lowest BCUT2D eigenvalue weighted by Crippen LogP contribution is -2.49. The van der Waals surface area contributed by atoms with Gasteiger partial charge in [0.15, 0.2) is 0 Å². The summed E-state index contributed by atoms with van der Waals surface area (Å²) in [5.41, 5.74) is 3.05. The lowest BCUT2D eigenvalue weighted by atomic mass is 10.0. The van der Waals surface area contributed by atoms with Crippen molar-refractivity contribution in [2.75, 3.05) is 44.2 Å². The van der Waals surface area contributed by atoms with E-state index < -0.39 is 0 Å². The number of nitrogens with one attached hydrogen (secondary N) is 1. The number of hydrogen-bond acceptors (Lipinski definition) is 7. The van der Waals surface area contributed by atoms with Crippen LogP contribution in [0.3, 0.4) is 0 Å². The topological polar surface area (TPSA) is 87.1 Å². The van der Waals surface area contributed by atoms with Crippen molar-refractivity contribution in [3.63, 3.8) is 0 Å². The molecular formula is C25H25N7O. The molecule has 1 N–H and O–H groups in total. The molecule has 5 rings (SSSR count). The molecule has 0 unspecified atom stereocenters. The van der Waals surface area contributed by atoms with E-state index in [0.717, 1.165) is 60.8 Å². The van der Waals surface area contributed by atoms with Gasteiger partial charge >= 0.3 is 0 Å². The maximum absolute atomic E-state index is 13.1. The summed E-state index contributed by atoms with van der Waals surface area (Å²) >= 11 is 0. The van der Waals surface area contributed by atoms with E-state index in [1.165, 1.54) is 0 Å². The molecule has 33 heavy (non-hydrogen) atoms. The summed E-state index contributed by atoms with van der Waals surface area (Å²) in [5, 5.41) is 3.94. The van der Waals surface area contributed by atoms with Crippen LogP contribution in [0, 0.1) is 0 Å². The number of aromatic nitrogens is 4. The van der Waals surface area contributed by atoms with Crippen molar-refractivity contribution in [3.8, 4) is 11.3 Å². The SMILES string of the molecule is O=C(NCCN1CCN(c2ncccn2)CC1)c1cc(-c2cccnc2)nc2ccccc12. The Labute approximate surface area is 192 Å². The van der Waals surface area contributed by atoms with Gasteiger partial charge < -0.3 is 10.2 Å². The lowest BCUT2D eigenvalue weighted by molar-refractivity contribution is 0.0949. The Balaban J connectivity index is 1.23. The van der Waals surface area contributed by atoms with E-state index in [9.17, 15) is 4.79 Å². The molecule has 4 aromatic rings. The first kappa shape index (κ1) is 21.0. The van der Waals surface area contributed by atoms with Gasteiger partial charge in [0.1, 0.15) is 0 Å². The van der Waals surface area contributed by atoms with Crippen LogP contribution >= 0.6 is 0 Å². The predicted octanol–water partition coefficient (Wildman–Crippen LogP) is 2.64. The summed E-state index contributed by atoms with van der Waals surface area (Å²) in [5.74, 6) is 0.689. The number of fused-ring (bicyclic) bond motifs is 1. The van der Waals surface area contributed by atoms with Crippen molar-refractivity contribution in [1.29, 1.82) is 0 Å². The first-order chi connectivity index (χ1) is 16.3. The molecule has 0 aliphatic carbocycles. The predicted molar refractivity (Wildman–Crippen MR) is 128 cm³/mol. The molecule has 4 heterocycles. The highest BCUT2D eigenvalue weighted by atomic mass is 16.1. The Kier molecular flexibility index (Phi) is 6.16. The summed E-state index contributed by atoms with van der Waals surface area (Å²) in [4.78, 5) is 35.2. The molecule has 0 bridgehead atoms. The Morgan fingerprint density at radius 1 is 0.939 bits per heavy atom. The number of pyridine rings is 2. The van der Waals surface area contributed by atoms with Gasteiger partial charge in [-0.3, -0.25) is 14.7 Å². The second-order valence-electron chi connectivity index (χ2n) is 7.95. The van der Waals surface area contributed by atoms with Gasteiger partial charge in [0.05, 0.1) is 16.8 Å². The third kappa shape index (κ3) is 4.80. The van der Waals surface area contributed by atoms with E-state index >= 15 is 0 Å². The van der Waals surface area contributed by atoms with E-state index in [1.807, 2.05) is 48.5 Å². The van der Waals surface area contributed by atoms with Gasteiger partial charge in [-0.2, -0.15) is 0 Å². The molecule has 1 saturated heterocycles. The average Bonchev–Trinajstić information content (AvgIpc) is 2.89. The smallest absolute Gasteiger partial charge is 0.252 e. The Morgan fingerprint density at radius 3 is 2.55 bits per heavy atom. The lowest BCUT2D eigenvalue weighted by Gasteiger charge is -2.34. The van der Waals surface area contributed by atoms with Gasteiger partial charge in [0.2, 0.25) is 5.95 Å². The van der Waals surface area contributed by atoms with E-state index in [1.54, 1.807) is 24.8 Å². The van der Waals surface area contributed by atoms with Crippen LogP contribution in [-0.4, -0.2) is 70.0 Å². The highest BCUT2D eigenvalue weighted by Gasteiger charge is 2.19. The number of carbonyl (C=O) groups is 1. The standard InChI is InChI=1S/C25H25N7O/c33-24(27-11-12-31-13-15-32(16-14-31)25-28-9-4-10-29-25)21-17-23(19-5-3-8-26-18-19)30-22-7-2-1-6-20(21)22/h1-10,17-18H,11-16H2,(H,27,33). The number of amides is 1. The van der Waals surface area contributed by atoms with Crippen molar-refractivity contribution >= 4 is 22.8 Å². The fourth-order valence-corrected chi connectivity index (χ4v) is 4.07. The monoisotopic (exact) mass is 439 g/mol. The van der Waals surface area contributed by atoms with Crippen LogP contribution in [0.5, 0.6) is 0 Å². The van der Waals surface area contributed by atoms with E-state index in [0.29, 0.717) is 12.1 Å². The van der Waals surface area contributed by atoms with Crippen molar-refractivity contribution in [2.24, 2.45) is 0 Å². The quantitative estimate of drug-likeness (QED) is 0.494. The first-order valence-corrected chi connectivity index (χ1v) is 11.1. The minimum atomic E-state index is -0.0879. The van der Waals surface area contributed by atoms with E-state index in [2.05, 4.69) is 30.1 Å². The fraction of sp³-hybridized carbons (Fsp3) is 0.240. The van der Waals surface area contributed by atoms with Crippen molar-refractivity contribution < 1.29 is 4.79 Å². The molecule has 3 aromatic heterocycles. The second-order valence-corrected chi connectivity index (χ2v) is 7.95. The summed E-state index contributed by atoms with van der Waals surface area (Å²) in [6.45, 7) is 4.96. The molecule has 1 aliphatic heterocycles. The summed E-state index contributed by atoms with van der Waals surface area (Å²) in [7, 11) is 0. The minimum absolute atomic E-state index is 0.0879. The van der Waals surface area contributed by atoms with Crippen LogP contribution in [0.15, 0.2) is 73.3 Å². The Bertz CT molecular complexity index is 1230. The zero-order valence-corrected chi connectivity index (χ0v) is 18.3. The van der Waals surface area contributed by atoms with Gasteiger partial charge in [0.25, 0.3) is 5.91 Å². The molecular weight excluding hydrogens is 414 g/mol. The van der Waals surface area contributed by atoms with E-state index in [4.69, 9.17) is 4.98 Å². The first-order valence-electron chi connectivity index (χ1n) is 11.1. The van der Waals surface area contributed by atoms with Crippen molar-refractivity contribution in [2.45, 2.75) is 0 Å². The van der Waals surface area contributed by atoms with Crippen LogP contribution in [0.2, 0.25) is 0 Å². The third-order valence-corrected chi connectivity index (χ3v) is 5.84. The number of piperazine rings is 1. The van der Waals surface area contributed by atoms with E-state index in [-0.39, 0.29) is 5.91 Å². The van der Waals surface area contributed by atoms with Gasteiger partial charge in [0, 0.05) is 75.0 Å². The number of rotatable bonds is 6. The zero-order valence-electron chi connectivity index (χ0n) is 18.3. The maximum Gasteiger partial charge on any atom is 0.252 e. The molecule has 0 saturated carbocycles. The molecule has 166 valence electrons. The number of benzene rings is 1. The third-order valence-electron chi connectivity index (χ3n) is 5.84. The molecule has 8 nitrogen and oxygen atoms in total. The van der Waals surface area contributed by atoms with Crippen LogP contribution in [0.25, 0.3) is 22.2 Å². The molecule has 1 aliphatic rings. The second kappa shape index (κ2) is 9.70. The highest BCUT2D eigenvalue weighted by Crippen LogP contribution is 2.24. The van der Waals surface area contributed by atoms with Crippen LogP contribution < -0.4 is 10.2 Å². The van der Waals surface area contributed by atoms with Gasteiger partial charge in [-0.15, -0.1) is 0 Å². The Hall–Kier alpha value is -3.91. The number of para-hydroxylation sites is 1. The fourth-order valence-electron chi connectivity index (χ4n) is 4.07. The largest absolute Gasteiger partial charge is 0.351 e. The van der Waals surface area contributed by atoms with Crippen molar-refractivity contribution in [1.82, 2.24) is 30.2 Å². The van der Waals surface area contributed by atoms with Gasteiger partial charge in [-0.05, 0) is 30.3 Å². The molecule has 1 aromatic carbocycles. The normalized spacial score (nSPS) is 14.4. The highest BCUT2D eigenvalue weighted by molar-refractivity contribution is 6.07. The van der Waals surface area contributed by atoms with Crippen LogP contribution in [-0.2, 0) is 0 Å². The molecule has 0 atom stereocenters. The van der Waals surface area contributed by atoms with Crippen LogP contribution in [0.4, 0.5) is 5.95 Å². The molecule has 8 heteroatoms. The maximum atomic E-state index is 13.1. The number of hydrogen-bond donors (Lipinski definition) is 1. The number of nitrogens with zero attached hydrogens (tertiary/aromatic N) is 6. The minimum Gasteiger partial charge on any atom is -0.351 e. The van der Waals surface area contributed by atoms with Crippen molar-refractivity contribution in [3.05, 3.63) is 78.9 Å². The summed E-state index contributed by atoms with van der Waals surface area (Å²) < 4.78 is 0. The summed E-state index contributed by atoms with van der Waals surface area (Å²) in [6.07, 6.45) is 7.03. The van der Waals surface area contributed by atoms with Crippen LogP contribution in [0.1, 0.15) is 10.4 Å². The van der Waals surface area contributed by atoms with Gasteiger partial charge in [-0.25, -0.2) is 15.0 Å². The summed E-state index contributed by atoms with van der Waals surface area (Å²) in [6, 6.07) is 15.2.